The Balaban J connectivity index is 0.876. The molecule has 366 valence electrons. The van der Waals surface area contributed by atoms with Gasteiger partial charge in [-0.1, -0.05) is 158 Å². The van der Waals surface area contributed by atoms with Gasteiger partial charge in [0.1, 0.15) is 11.2 Å². The van der Waals surface area contributed by atoms with Gasteiger partial charge < -0.3 is 24.0 Å². The molecule has 0 spiro atoms. The normalized spacial score (nSPS) is 11.1. The molecule has 0 unspecified atom stereocenters. The third-order valence-electron chi connectivity index (χ3n) is 14.1. The summed E-state index contributed by atoms with van der Waals surface area (Å²) in [6.45, 7) is 0. The fourth-order valence-electron chi connectivity index (χ4n) is 10.6. The Hall–Kier alpha value is -10.4. The van der Waals surface area contributed by atoms with Crippen LogP contribution in [0.2, 0.25) is 0 Å². The van der Waals surface area contributed by atoms with Crippen molar-refractivity contribution in [3.05, 3.63) is 315 Å². The van der Waals surface area contributed by atoms with Crippen molar-refractivity contribution in [1.29, 1.82) is 0 Å². The molecule has 13 aromatic rings. The average Bonchev–Trinajstić information content (AvgIpc) is 3.92. The van der Waals surface area contributed by atoms with Crippen LogP contribution in [-0.2, 0) is 0 Å². The zero-order valence-electron chi connectivity index (χ0n) is 42.2. The number of hydrogen-bond donors (Lipinski definition) is 0. The molecule has 0 saturated heterocycles. The number of nitrogens with zero attached hydrogens (tertiary/aromatic N) is 4. The van der Waals surface area contributed by atoms with Crippen LogP contribution in [0, 0.1) is 0 Å². The maximum absolute atomic E-state index is 6.64. The Bertz CT molecular complexity index is 3770. The van der Waals surface area contributed by atoms with E-state index in [0.29, 0.717) is 0 Å². The maximum Gasteiger partial charge on any atom is 0.135 e. The van der Waals surface area contributed by atoms with Gasteiger partial charge in [-0.2, -0.15) is 0 Å². The van der Waals surface area contributed by atoms with Gasteiger partial charge in [-0.15, -0.1) is 0 Å². The van der Waals surface area contributed by atoms with Crippen LogP contribution in [0.3, 0.4) is 0 Å². The molecular formula is C72H52N4O. The van der Waals surface area contributed by atoms with Gasteiger partial charge in [0, 0.05) is 79.0 Å². The SMILES string of the molecule is c1ccc(N(c2ccccc2)c2cccc(-c3cccc(N(c4ccccc4)c4ccc5oc6ccc(N(c7ccccc7)c7cccc(-c8cccc(N(c9ccccc9)c9ccccc9)c8)c7)cc6c5c4)c3)c2)cc1. The maximum atomic E-state index is 6.64. The molecule has 0 aliphatic carbocycles. The lowest BCUT2D eigenvalue weighted by atomic mass is 10.0. The summed E-state index contributed by atoms with van der Waals surface area (Å²) in [6, 6.07) is 112. The Morgan fingerprint density at radius 2 is 0.377 bits per heavy atom. The van der Waals surface area contributed by atoms with Crippen molar-refractivity contribution in [3.8, 4) is 22.3 Å². The van der Waals surface area contributed by atoms with Crippen LogP contribution in [0.4, 0.5) is 68.2 Å². The zero-order valence-corrected chi connectivity index (χ0v) is 42.2. The van der Waals surface area contributed by atoms with Crippen molar-refractivity contribution in [2.75, 3.05) is 19.6 Å². The van der Waals surface area contributed by atoms with Crippen LogP contribution in [0.25, 0.3) is 44.2 Å². The van der Waals surface area contributed by atoms with Gasteiger partial charge in [-0.25, -0.2) is 0 Å². The average molecular weight is 989 g/mol. The molecule has 0 saturated carbocycles. The first-order chi connectivity index (χ1) is 38.2. The highest BCUT2D eigenvalue weighted by Crippen LogP contribution is 2.45. The molecule has 77 heavy (non-hydrogen) atoms. The first-order valence-electron chi connectivity index (χ1n) is 26.1. The highest BCUT2D eigenvalue weighted by molar-refractivity contribution is 6.08. The molecule has 5 heteroatoms. The molecule has 0 fully saturated rings. The second-order valence-electron chi connectivity index (χ2n) is 19.0. The summed E-state index contributed by atoms with van der Waals surface area (Å²) in [4.78, 5) is 9.29. The van der Waals surface area contributed by atoms with Crippen molar-refractivity contribution in [3.63, 3.8) is 0 Å². The van der Waals surface area contributed by atoms with Crippen LogP contribution in [0.5, 0.6) is 0 Å². The summed E-state index contributed by atoms with van der Waals surface area (Å²) in [5.41, 5.74) is 18.9. The van der Waals surface area contributed by atoms with Gasteiger partial charge in [0.05, 0.1) is 0 Å². The van der Waals surface area contributed by atoms with Crippen molar-refractivity contribution in [1.82, 2.24) is 0 Å². The Morgan fingerprint density at radius 3 is 0.623 bits per heavy atom. The molecule has 0 bridgehead atoms. The number of benzene rings is 12. The zero-order chi connectivity index (χ0) is 51.3. The van der Waals surface area contributed by atoms with E-state index >= 15 is 0 Å². The van der Waals surface area contributed by atoms with E-state index in [1.807, 2.05) is 0 Å². The number of hydrogen-bond acceptors (Lipinski definition) is 5. The highest BCUT2D eigenvalue weighted by Gasteiger charge is 2.21. The smallest absolute Gasteiger partial charge is 0.135 e. The Kier molecular flexibility index (Phi) is 12.6. The van der Waals surface area contributed by atoms with Crippen molar-refractivity contribution in [2.24, 2.45) is 0 Å². The molecule has 0 aliphatic rings. The third kappa shape index (κ3) is 9.46. The molecule has 1 aromatic heterocycles. The van der Waals surface area contributed by atoms with Gasteiger partial charge in [0.25, 0.3) is 0 Å². The van der Waals surface area contributed by atoms with E-state index in [4.69, 9.17) is 4.42 Å². The van der Waals surface area contributed by atoms with E-state index in [-0.39, 0.29) is 0 Å². The minimum atomic E-state index is 0.828. The van der Waals surface area contributed by atoms with Crippen LogP contribution in [0.1, 0.15) is 0 Å². The molecule has 0 amide bonds. The molecule has 0 atom stereocenters. The Morgan fingerprint density at radius 1 is 0.169 bits per heavy atom. The first kappa shape index (κ1) is 46.4. The molecule has 13 rings (SSSR count). The van der Waals surface area contributed by atoms with Crippen molar-refractivity contribution >= 4 is 90.2 Å². The Labute approximate surface area is 449 Å². The number of fused-ring (bicyclic) bond motifs is 3. The van der Waals surface area contributed by atoms with E-state index in [1.54, 1.807) is 0 Å². The van der Waals surface area contributed by atoms with E-state index < -0.39 is 0 Å². The van der Waals surface area contributed by atoms with E-state index in [1.165, 1.54) is 0 Å². The fourth-order valence-corrected chi connectivity index (χ4v) is 10.6. The summed E-state index contributed by atoms with van der Waals surface area (Å²) < 4.78 is 6.64. The number of rotatable bonds is 14. The second kappa shape index (κ2) is 20.9. The molecule has 12 aromatic carbocycles. The highest BCUT2D eigenvalue weighted by atomic mass is 16.3. The third-order valence-corrected chi connectivity index (χ3v) is 14.1. The van der Waals surface area contributed by atoms with Crippen LogP contribution < -0.4 is 19.6 Å². The van der Waals surface area contributed by atoms with E-state index in [9.17, 15) is 0 Å². The summed E-state index contributed by atoms with van der Waals surface area (Å²) in [6.07, 6.45) is 0. The molecule has 0 aliphatic heterocycles. The summed E-state index contributed by atoms with van der Waals surface area (Å²) in [7, 11) is 0. The van der Waals surface area contributed by atoms with E-state index in [0.717, 1.165) is 112 Å². The standard InChI is InChI=1S/C72H52N4O/c1-7-27-57(28-8-1)73(58-29-9-2-10-30-58)63-39-19-23-53(47-63)55-25-21-41-65(49-55)75(61-35-15-5-16-36-61)67-43-45-71-69(51-67)70-52-68(44-46-72(70)77-71)76(62-37-17-6-18-38-62)66-42-22-26-56(50-66)54-24-20-40-64(48-54)74(59-31-11-3-12-32-59)60-33-13-4-14-34-60/h1-52H. The quantitative estimate of drug-likeness (QED) is 0.108. The molecule has 5 nitrogen and oxygen atoms in total. The second-order valence-corrected chi connectivity index (χ2v) is 19.0. The lowest BCUT2D eigenvalue weighted by Crippen LogP contribution is -2.10. The predicted octanol–water partition coefficient (Wildman–Crippen LogP) is 20.8. The lowest BCUT2D eigenvalue weighted by Gasteiger charge is -2.27. The minimum absolute atomic E-state index is 0.828. The van der Waals surface area contributed by atoms with Gasteiger partial charge in [0.15, 0.2) is 0 Å². The first-order valence-corrected chi connectivity index (χ1v) is 26.1. The number of para-hydroxylation sites is 6. The molecule has 0 radical (unpaired) electrons. The minimum Gasteiger partial charge on any atom is -0.456 e. The van der Waals surface area contributed by atoms with Gasteiger partial charge >= 0.3 is 0 Å². The van der Waals surface area contributed by atoms with Crippen molar-refractivity contribution in [2.45, 2.75) is 0 Å². The number of anilines is 12. The summed E-state index contributed by atoms with van der Waals surface area (Å²) in [5.74, 6) is 0. The van der Waals surface area contributed by atoms with Crippen LogP contribution in [-0.4, -0.2) is 0 Å². The largest absolute Gasteiger partial charge is 0.456 e. The molecule has 0 N–H and O–H groups in total. The monoisotopic (exact) mass is 988 g/mol. The number of furan rings is 1. The summed E-state index contributed by atoms with van der Waals surface area (Å²) in [5, 5.41) is 2.07. The van der Waals surface area contributed by atoms with Gasteiger partial charge in [-0.05, 0) is 180 Å². The van der Waals surface area contributed by atoms with Crippen molar-refractivity contribution < 1.29 is 4.42 Å². The van der Waals surface area contributed by atoms with Crippen LogP contribution in [0.15, 0.2) is 320 Å². The molecule has 1 heterocycles. The fraction of sp³-hybridized carbons (Fsp3) is 0. The topological polar surface area (TPSA) is 26.1 Å². The molecular weight excluding hydrogens is 937 g/mol. The predicted molar refractivity (Wildman–Crippen MR) is 323 cm³/mol. The summed E-state index contributed by atoms with van der Waals surface area (Å²) >= 11 is 0. The van der Waals surface area contributed by atoms with Gasteiger partial charge in [0.2, 0.25) is 0 Å². The van der Waals surface area contributed by atoms with Gasteiger partial charge in [-0.3, -0.25) is 0 Å². The van der Waals surface area contributed by atoms with Crippen LogP contribution >= 0.6 is 0 Å². The van der Waals surface area contributed by atoms with E-state index in [2.05, 4.69) is 335 Å². The lowest BCUT2D eigenvalue weighted by molar-refractivity contribution is 0.669.